The highest BCUT2D eigenvalue weighted by Gasteiger charge is 2.46. The maximum absolute atomic E-state index is 13.3. The minimum atomic E-state index is -0.656. The topological polar surface area (TPSA) is 70.1 Å². The number of hydrogen-bond donors (Lipinski definition) is 1. The van der Waals surface area contributed by atoms with Crippen LogP contribution in [0.4, 0.5) is 0 Å². The molecule has 6 nitrogen and oxygen atoms in total. The van der Waals surface area contributed by atoms with Crippen LogP contribution >= 0.6 is 0 Å². The smallest absolute Gasteiger partial charge is 0.295 e. The lowest BCUT2D eigenvalue weighted by Gasteiger charge is -2.28. The Morgan fingerprint density at radius 1 is 1.14 bits per heavy atom. The number of likely N-dealkylation sites (N-methyl/N-ethyl adjacent to an activating group) is 1. The van der Waals surface area contributed by atoms with E-state index >= 15 is 0 Å². The van der Waals surface area contributed by atoms with Crippen LogP contribution in [0.1, 0.15) is 61.9 Å². The number of rotatable bonds is 11. The average molecular weight is 491 g/mol. The maximum atomic E-state index is 13.3. The van der Waals surface area contributed by atoms with Gasteiger partial charge in [0.25, 0.3) is 11.7 Å². The van der Waals surface area contributed by atoms with E-state index in [9.17, 15) is 14.7 Å². The lowest BCUT2D eigenvalue weighted by atomic mass is 9.92. The second-order valence-corrected chi connectivity index (χ2v) is 9.42. The quantitative estimate of drug-likeness (QED) is 0.196. The molecule has 1 aliphatic rings. The number of ketones is 1. The Balaban J connectivity index is 2.09. The number of ether oxygens (including phenoxy) is 1. The van der Waals surface area contributed by atoms with Gasteiger partial charge in [0.2, 0.25) is 0 Å². The molecular weight excluding hydrogens is 452 g/mol. The van der Waals surface area contributed by atoms with Crippen LogP contribution in [-0.4, -0.2) is 59.4 Å². The molecule has 0 radical (unpaired) electrons. The largest absolute Gasteiger partial charge is 0.507 e. The van der Waals surface area contributed by atoms with E-state index in [1.165, 1.54) is 5.56 Å². The number of carbonyl (C=O) groups excluding carboxylic acids is 2. The van der Waals surface area contributed by atoms with E-state index in [-0.39, 0.29) is 11.3 Å². The van der Waals surface area contributed by atoms with Crippen LogP contribution in [0.25, 0.3) is 5.76 Å². The Morgan fingerprint density at radius 3 is 2.36 bits per heavy atom. The van der Waals surface area contributed by atoms with Gasteiger partial charge in [-0.25, -0.2) is 0 Å². The number of aliphatic hydroxyl groups is 1. The second kappa shape index (κ2) is 12.0. The van der Waals surface area contributed by atoms with Gasteiger partial charge in [-0.15, -0.1) is 0 Å². The van der Waals surface area contributed by atoms with Gasteiger partial charge < -0.3 is 19.6 Å². The molecule has 0 bridgehead atoms. The number of aryl methyl sites for hydroxylation is 1. The second-order valence-electron chi connectivity index (χ2n) is 9.42. The molecule has 0 unspecified atom stereocenters. The van der Waals surface area contributed by atoms with E-state index in [0.717, 1.165) is 24.2 Å². The summed E-state index contributed by atoms with van der Waals surface area (Å²) in [7, 11) is 0. The SMILES string of the molecule is C=CCOc1ccc(C(O)=C2C(=O)C(=O)N(CCN(CC)CC)[C@H]2c2ccc(C(C)C)cc2)c(C)c1. The zero-order chi connectivity index (χ0) is 26.4. The summed E-state index contributed by atoms with van der Waals surface area (Å²) in [6, 6.07) is 12.6. The van der Waals surface area contributed by atoms with Crippen molar-refractivity contribution in [2.75, 3.05) is 32.8 Å². The highest BCUT2D eigenvalue weighted by Crippen LogP contribution is 2.40. The van der Waals surface area contributed by atoms with E-state index in [4.69, 9.17) is 4.74 Å². The van der Waals surface area contributed by atoms with Gasteiger partial charge in [-0.2, -0.15) is 0 Å². The van der Waals surface area contributed by atoms with E-state index in [0.29, 0.717) is 36.9 Å². The third-order valence-corrected chi connectivity index (χ3v) is 6.83. The van der Waals surface area contributed by atoms with Crippen molar-refractivity contribution in [3.63, 3.8) is 0 Å². The zero-order valence-corrected chi connectivity index (χ0v) is 22.1. The predicted octanol–water partition coefficient (Wildman–Crippen LogP) is 5.45. The summed E-state index contributed by atoms with van der Waals surface area (Å²) in [6.07, 6.45) is 1.66. The number of amides is 1. The standard InChI is InChI=1S/C30H38N2O4/c1-7-18-36-24-14-15-25(21(6)19-24)28(33)26-27(23-12-10-22(11-13-23)20(4)5)32(30(35)29(26)34)17-16-31(8-2)9-3/h7,10-15,19-20,27,33H,1,8-9,16-18H2,2-6H3/t27-/m0/s1. The molecule has 1 aliphatic heterocycles. The third-order valence-electron chi connectivity index (χ3n) is 6.83. The van der Waals surface area contributed by atoms with Crippen molar-refractivity contribution < 1.29 is 19.4 Å². The first kappa shape index (κ1) is 27.2. The van der Waals surface area contributed by atoms with Gasteiger partial charge in [-0.3, -0.25) is 9.59 Å². The molecule has 192 valence electrons. The van der Waals surface area contributed by atoms with Gasteiger partial charge in [0.15, 0.2) is 0 Å². The summed E-state index contributed by atoms with van der Waals surface area (Å²) < 4.78 is 5.60. The third kappa shape index (κ3) is 5.71. The molecule has 0 aliphatic carbocycles. The van der Waals surface area contributed by atoms with E-state index < -0.39 is 17.7 Å². The van der Waals surface area contributed by atoms with Crippen molar-refractivity contribution >= 4 is 17.4 Å². The molecule has 6 heteroatoms. The van der Waals surface area contributed by atoms with E-state index in [2.05, 4.69) is 39.2 Å². The molecular formula is C30H38N2O4. The minimum Gasteiger partial charge on any atom is -0.507 e. The first-order chi connectivity index (χ1) is 17.2. The lowest BCUT2D eigenvalue weighted by Crippen LogP contribution is -2.38. The number of aliphatic hydroxyl groups excluding tert-OH is 1. The fourth-order valence-electron chi connectivity index (χ4n) is 4.60. The molecule has 1 amide bonds. The van der Waals surface area contributed by atoms with Crippen molar-refractivity contribution in [2.24, 2.45) is 0 Å². The van der Waals surface area contributed by atoms with Crippen LogP contribution in [0.15, 0.2) is 60.7 Å². The van der Waals surface area contributed by atoms with Crippen molar-refractivity contribution in [1.29, 1.82) is 0 Å². The zero-order valence-electron chi connectivity index (χ0n) is 22.1. The molecule has 0 aromatic heterocycles. The van der Waals surface area contributed by atoms with Crippen LogP contribution in [0.5, 0.6) is 5.75 Å². The summed E-state index contributed by atoms with van der Waals surface area (Å²) in [6.45, 7) is 17.0. The van der Waals surface area contributed by atoms with Crippen molar-refractivity contribution in [2.45, 2.75) is 46.6 Å². The summed E-state index contributed by atoms with van der Waals surface area (Å²) in [5.74, 6) is -0.395. The van der Waals surface area contributed by atoms with Crippen LogP contribution < -0.4 is 4.74 Å². The van der Waals surface area contributed by atoms with E-state index in [1.807, 2.05) is 31.2 Å². The predicted molar refractivity (Wildman–Crippen MR) is 144 cm³/mol. The number of likely N-dealkylation sites (tertiary alicyclic amines) is 1. The highest BCUT2D eigenvalue weighted by atomic mass is 16.5. The van der Waals surface area contributed by atoms with Gasteiger partial charge in [-0.1, -0.05) is 64.6 Å². The maximum Gasteiger partial charge on any atom is 0.295 e. The van der Waals surface area contributed by atoms with Gasteiger partial charge >= 0.3 is 0 Å². The van der Waals surface area contributed by atoms with Gasteiger partial charge in [0.05, 0.1) is 11.6 Å². The normalized spacial score (nSPS) is 17.3. The molecule has 1 saturated heterocycles. The molecule has 1 atom stereocenters. The summed E-state index contributed by atoms with van der Waals surface area (Å²) in [5, 5.41) is 11.4. The summed E-state index contributed by atoms with van der Waals surface area (Å²) in [5.41, 5.74) is 3.36. The molecule has 0 saturated carbocycles. The summed E-state index contributed by atoms with van der Waals surface area (Å²) >= 11 is 0. The van der Waals surface area contributed by atoms with Crippen LogP contribution in [0.2, 0.25) is 0 Å². The number of hydrogen-bond acceptors (Lipinski definition) is 5. The molecule has 2 aromatic rings. The summed E-state index contributed by atoms with van der Waals surface area (Å²) in [4.78, 5) is 30.4. The van der Waals surface area contributed by atoms with Crippen molar-refractivity contribution in [3.8, 4) is 5.75 Å². The van der Waals surface area contributed by atoms with Crippen LogP contribution in [-0.2, 0) is 9.59 Å². The van der Waals surface area contributed by atoms with Crippen LogP contribution in [0.3, 0.4) is 0 Å². The van der Waals surface area contributed by atoms with Gasteiger partial charge in [0, 0.05) is 18.7 Å². The first-order valence-electron chi connectivity index (χ1n) is 12.7. The van der Waals surface area contributed by atoms with Gasteiger partial charge in [-0.05, 0) is 60.8 Å². The molecule has 0 spiro atoms. The Hall–Kier alpha value is -3.38. The molecule has 36 heavy (non-hydrogen) atoms. The van der Waals surface area contributed by atoms with Crippen molar-refractivity contribution in [1.82, 2.24) is 9.80 Å². The van der Waals surface area contributed by atoms with Crippen LogP contribution in [0, 0.1) is 6.92 Å². The Morgan fingerprint density at radius 2 is 1.81 bits per heavy atom. The lowest BCUT2D eigenvalue weighted by molar-refractivity contribution is -0.140. The average Bonchev–Trinajstić information content (AvgIpc) is 3.12. The Kier molecular flexibility index (Phi) is 9.10. The Labute approximate surface area is 214 Å². The highest BCUT2D eigenvalue weighted by molar-refractivity contribution is 6.46. The number of Topliss-reactive ketones (excluding diaryl/α,β-unsaturated/α-hetero) is 1. The number of nitrogens with zero attached hydrogens (tertiary/aromatic N) is 2. The van der Waals surface area contributed by atoms with Crippen molar-refractivity contribution in [3.05, 3.63) is 82.9 Å². The molecule has 2 aromatic carbocycles. The molecule has 1 N–H and O–H groups in total. The fourth-order valence-corrected chi connectivity index (χ4v) is 4.60. The molecule has 1 heterocycles. The number of benzene rings is 2. The monoisotopic (exact) mass is 490 g/mol. The number of carbonyl (C=O) groups is 2. The Bertz CT molecular complexity index is 1130. The molecule has 3 rings (SSSR count). The molecule has 1 fully saturated rings. The minimum absolute atomic E-state index is 0.125. The van der Waals surface area contributed by atoms with Gasteiger partial charge in [0.1, 0.15) is 18.1 Å². The van der Waals surface area contributed by atoms with E-state index in [1.54, 1.807) is 29.2 Å². The first-order valence-corrected chi connectivity index (χ1v) is 12.7. The fraction of sp³-hybridized carbons (Fsp3) is 0.400.